The van der Waals surface area contributed by atoms with Crippen molar-refractivity contribution < 1.29 is 9.18 Å². The Kier molecular flexibility index (Phi) is 4.39. The molecular formula is C21H24FN3O. The maximum Gasteiger partial charge on any atom is 0.229 e. The lowest BCUT2D eigenvalue weighted by Gasteiger charge is -2.49. The summed E-state index contributed by atoms with van der Waals surface area (Å²) in [5.41, 5.74) is 1.85. The Morgan fingerprint density at radius 2 is 1.88 bits per heavy atom. The Bertz CT molecular complexity index is 787. The lowest BCUT2D eigenvalue weighted by Crippen LogP contribution is -2.52. The number of likely N-dealkylation sites (tertiary alicyclic amines) is 1. The summed E-state index contributed by atoms with van der Waals surface area (Å²) in [6, 6.07) is 11.8. The van der Waals surface area contributed by atoms with E-state index in [2.05, 4.69) is 22.0 Å². The maximum atomic E-state index is 14.0. The molecule has 0 bridgehead atoms. The van der Waals surface area contributed by atoms with Gasteiger partial charge in [-0.25, -0.2) is 4.39 Å². The molecule has 0 radical (unpaired) electrons. The fourth-order valence-corrected chi connectivity index (χ4v) is 4.59. The lowest BCUT2D eigenvalue weighted by molar-refractivity contribution is -0.138. The molecule has 1 amide bonds. The van der Waals surface area contributed by atoms with Gasteiger partial charge in [-0.05, 0) is 36.3 Å². The number of hydrogen-bond acceptors (Lipinski definition) is 3. The summed E-state index contributed by atoms with van der Waals surface area (Å²) in [4.78, 5) is 20.6. The zero-order valence-corrected chi connectivity index (χ0v) is 15.1. The van der Waals surface area contributed by atoms with E-state index in [-0.39, 0.29) is 23.1 Å². The minimum Gasteiger partial charge on any atom is -0.369 e. The van der Waals surface area contributed by atoms with Gasteiger partial charge in [0.1, 0.15) is 0 Å². The van der Waals surface area contributed by atoms with Crippen molar-refractivity contribution in [3.63, 3.8) is 0 Å². The van der Waals surface area contributed by atoms with Crippen LogP contribution in [0, 0.1) is 11.2 Å². The Morgan fingerprint density at radius 3 is 2.58 bits per heavy atom. The number of carbonyl (C=O) groups is 1. The molecule has 1 aromatic carbocycles. The van der Waals surface area contributed by atoms with Gasteiger partial charge in [-0.1, -0.05) is 30.3 Å². The van der Waals surface area contributed by atoms with Gasteiger partial charge in [0.05, 0.1) is 17.8 Å². The average Bonchev–Trinajstić information content (AvgIpc) is 2.67. The summed E-state index contributed by atoms with van der Waals surface area (Å²) in [6.07, 6.45) is 5.73. The smallest absolute Gasteiger partial charge is 0.229 e. The molecule has 1 atom stereocenters. The van der Waals surface area contributed by atoms with Crippen molar-refractivity contribution >= 4 is 11.6 Å². The molecule has 0 saturated carbocycles. The molecule has 5 heteroatoms. The molecule has 2 fully saturated rings. The molecule has 2 saturated heterocycles. The van der Waals surface area contributed by atoms with E-state index in [4.69, 9.17) is 0 Å². The van der Waals surface area contributed by atoms with Crippen LogP contribution in [-0.4, -0.2) is 42.5 Å². The highest BCUT2D eigenvalue weighted by atomic mass is 19.1. The van der Waals surface area contributed by atoms with Crippen molar-refractivity contribution in [1.82, 2.24) is 9.88 Å². The van der Waals surface area contributed by atoms with Gasteiger partial charge in [-0.15, -0.1) is 0 Å². The van der Waals surface area contributed by atoms with Crippen molar-refractivity contribution in [1.29, 1.82) is 0 Å². The molecule has 2 aliphatic heterocycles. The van der Waals surface area contributed by atoms with E-state index in [0.29, 0.717) is 5.69 Å². The second kappa shape index (κ2) is 6.71. The van der Waals surface area contributed by atoms with Gasteiger partial charge in [-0.2, -0.15) is 0 Å². The van der Waals surface area contributed by atoms with Crippen LogP contribution < -0.4 is 4.90 Å². The number of pyridine rings is 1. The van der Waals surface area contributed by atoms with Crippen molar-refractivity contribution in [2.45, 2.75) is 25.2 Å². The first-order valence-corrected chi connectivity index (χ1v) is 9.22. The van der Waals surface area contributed by atoms with Gasteiger partial charge in [0, 0.05) is 32.9 Å². The molecule has 1 spiro atoms. The third-order valence-electron chi connectivity index (χ3n) is 6.00. The Morgan fingerprint density at radius 1 is 1.15 bits per heavy atom. The first-order chi connectivity index (χ1) is 12.6. The molecule has 3 heterocycles. The number of benzene rings is 1. The van der Waals surface area contributed by atoms with Gasteiger partial charge >= 0.3 is 0 Å². The molecule has 0 aliphatic carbocycles. The molecular weight excluding hydrogens is 329 g/mol. The first kappa shape index (κ1) is 17.0. The van der Waals surface area contributed by atoms with Crippen molar-refractivity contribution in [2.24, 2.45) is 5.41 Å². The van der Waals surface area contributed by atoms with E-state index in [1.54, 1.807) is 12.3 Å². The van der Waals surface area contributed by atoms with E-state index in [1.807, 2.05) is 30.1 Å². The number of hydrogen-bond donors (Lipinski definition) is 0. The summed E-state index contributed by atoms with van der Waals surface area (Å²) in [7, 11) is 1.91. The third-order valence-corrected chi connectivity index (χ3v) is 6.00. The Labute approximate surface area is 153 Å². The number of rotatable bonds is 2. The van der Waals surface area contributed by atoms with Gasteiger partial charge in [0.25, 0.3) is 0 Å². The SMILES string of the molecule is CN1CC2(CCN(c3ccncc3F)CC2)CC(c2ccccc2)C1=O. The molecule has 1 aromatic heterocycles. The quantitative estimate of drug-likeness (QED) is 0.830. The minimum absolute atomic E-state index is 0.0702. The maximum absolute atomic E-state index is 14.0. The highest BCUT2D eigenvalue weighted by Crippen LogP contribution is 2.45. The number of aromatic nitrogens is 1. The number of anilines is 1. The van der Waals surface area contributed by atoms with Crippen molar-refractivity contribution in [3.8, 4) is 0 Å². The fourth-order valence-electron chi connectivity index (χ4n) is 4.59. The summed E-state index contributed by atoms with van der Waals surface area (Å²) >= 11 is 0. The normalized spacial score (nSPS) is 22.7. The molecule has 2 aliphatic rings. The zero-order chi connectivity index (χ0) is 18.1. The highest BCUT2D eigenvalue weighted by Gasteiger charge is 2.45. The first-order valence-electron chi connectivity index (χ1n) is 9.22. The molecule has 26 heavy (non-hydrogen) atoms. The van der Waals surface area contributed by atoms with E-state index in [9.17, 15) is 9.18 Å². The van der Waals surface area contributed by atoms with Gasteiger partial charge in [0.15, 0.2) is 5.82 Å². The predicted molar refractivity (Wildman–Crippen MR) is 99.5 cm³/mol. The second-order valence-electron chi connectivity index (χ2n) is 7.68. The Balaban J connectivity index is 1.53. The third kappa shape index (κ3) is 3.06. The van der Waals surface area contributed by atoms with Gasteiger partial charge in [-0.3, -0.25) is 9.78 Å². The standard InChI is InChI=1S/C21H24FN3O/c1-24-15-21(13-17(20(24)26)16-5-3-2-4-6-16)8-11-25(12-9-21)19-7-10-23-14-18(19)22/h2-7,10,14,17H,8-9,11-13,15H2,1H3. The van der Waals surface area contributed by atoms with Crippen LogP contribution in [0.25, 0.3) is 0 Å². The van der Waals surface area contributed by atoms with Gasteiger partial charge in [0.2, 0.25) is 5.91 Å². The minimum atomic E-state index is -0.262. The van der Waals surface area contributed by atoms with Crippen LogP contribution in [0.1, 0.15) is 30.7 Å². The van der Waals surface area contributed by atoms with Crippen LogP contribution in [0.4, 0.5) is 10.1 Å². The van der Waals surface area contributed by atoms with Crippen LogP contribution >= 0.6 is 0 Å². The molecule has 1 unspecified atom stereocenters. The fraction of sp³-hybridized carbons (Fsp3) is 0.429. The predicted octanol–water partition coefficient (Wildman–Crippen LogP) is 3.45. The zero-order valence-electron chi connectivity index (χ0n) is 15.1. The van der Waals surface area contributed by atoms with Gasteiger partial charge < -0.3 is 9.80 Å². The number of amides is 1. The van der Waals surface area contributed by atoms with E-state index < -0.39 is 0 Å². The monoisotopic (exact) mass is 353 g/mol. The van der Waals surface area contributed by atoms with Crippen LogP contribution in [0.3, 0.4) is 0 Å². The topological polar surface area (TPSA) is 36.4 Å². The number of carbonyl (C=O) groups excluding carboxylic acids is 1. The lowest BCUT2D eigenvalue weighted by atomic mass is 9.67. The number of piperidine rings is 2. The van der Waals surface area contributed by atoms with E-state index in [1.165, 1.54) is 6.20 Å². The van der Waals surface area contributed by atoms with E-state index in [0.717, 1.165) is 44.5 Å². The Hall–Kier alpha value is -2.43. The number of nitrogens with zero attached hydrogens (tertiary/aromatic N) is 3. The summed E-state index contributed by atoms with van der Waals surface area (Å²) < 4.78 is 14.0. The largest absolute Gasteiger partial charge is 0.369 e. The number of halogens is 1. The molecule has 0 N–H and O–H groups in total. The second-order valence-corrected chi connectivity index (χ2v) is 7.68. The summed E-state index contributed by atoms with van der Waals surface area (Å²) in [5.74, 6) is -0.120. The summed E-state index contributed by atoms with van der Waals surface area (Å²) in [5, 5.41) is 0. The van der Waals surface area contributed by atoms with E-state index >= 15 is 0 Å². The average molecular weight is 353 g/mol. The molecule has 2 aromatic rings. The number of likely N-dealkylation sites (N-methyl/N-ethyl adjacent to an activating group) is 1. The van der Waals surface area contributed by atoms with Crippen LogP contribution in [0.2, 0.25) is 0 Å². The molecule has 4 rings (SSSR count). The highest BCUT2D eigenvalue weighted by molar-refractivity contribution is 5.84. The molecule has 4 nitrogen and oxygen atoms in total. The van der Waals surface area contributed by atoms with Crippen molar-refractivity contribution in [3.05, 3.63) is 60.2 Å². The molecule has 136 valence electrons. The van der Waals surface area contributed by atoms with Crippen molar-refractivity contribution in [2.75, 3.05) is 31.6 Å². The van der Waals surface area contributed by atoms with Crippen LogP contribution in [-0.2, 0) is 4.79 Å². The summed E-state index contributed by atoms with van der Waals surface area (Å²) in [6.45, 7) is 2.41. The van der Waals surface area contributed by atoms with Crippen LogP contribution in [0.5, 0.6) is 0 Å². The van der Waals surface area contributed by atoms with Crippen LogP contribution in [0.15, 0.2) is 48.8 Å².